The summed E-state index contributed by atoms with van der Waals surface area (Å²) in [6.45, 7) is -0.0364. The quantitative estimate of drug-likeness (QED) is 0.300. The lowest BCUT2D eigenvalue weighted by molar-refractivity contribution is -0.143. The van der Waals surface area contributed by atoms with Crippen molar-refractivity contribution in [1.82, 2.24) is 25.6 Å². The minimum Gasteiger partial charge on any atom is -0.468 e. The number of amides is 2. The molecule has 1 atom stereocenters. The maximum Gasteiger partial charge on any atom is 0.407 e. The van der Waals surface area contributed by atoms with Crippen molar-refractivity contribution in [2.45, 2.75) is 24.9 Å². The largest absolute Gasteiger partial charge is 0.468 e. The molecule has 0 unspecified atom stereocenters. The molecule has 1 aliphatic rings. The first-order valence-corrected chi connectivity index (χ1v) is 11.9. The van der Waals surface area contributed by atoms with Gasteiger partial charge in [0.05, 0.1) is 20.4 Å². The number of hydrogen-bond donors (Lipinski definition) is 2. The Kier molecular flexibility index (Phi) is 8.31. The number of carbonyl (C=O) groups excluding carboxylic acids is 4. The summed E-state index contributed by atoms with van der Waals surface area (Å²) < 4.78 is 15.9. The first kappa shape index (κ1) is 26.3. The Morgan fingerprint density at radius 2 is 1.63 bits per heavy atom. The van der Waals surface area contributed by atoms with Crippen molar-refractivity contribution in [3.63, 3.8) is 0 Å². The van der Waals surface area contributed by atoms with Crippen LogP contribution in [0.1, 0.15) is 34.0 Å². The van der Waals surface area contributed by atoms with Crippen LogP contribution in [-0.4, -0.2) is 72.3 Å². The second kappa shape index (κ2) is 12.0. The second-order valence-corrected chi connectivity index (χ2v) is 8.47. The highest BCUT2D eigenvalue weighted by atomic mass is 16.5. The van der Waals surface area contributed by atoms with E-state index in [2.05, 4.69) is 37.8 Å². The van der Waals surface area contributed by atoms with Gasteiger partial charge in [-0.15, -0.1) is 5.10 Å². The third kappa shape index (κ3) is 5.97. The molecule has 0 saturated carbocycles. The maximum absolute atomic E-state index is 12.5. The fourth-order valence-electron chi connectivity index (χ4n) is 4.27. The standard InChI is InChI=1S/C26H27N5O7/c1-36-23(32)14-31-13-22(29-30-31)24(33)28-21(25(34)37-2)11-12-27-26(35)38-15-20-18-9-5-3-7-16(18)17-8-4-6-10-19(17)20/h3-10,13,20-21H,11-12,14-15H2,1-2H3,(H,27,35)(H,28,33)/t21-/m0/s1. The lowest BCUT2D eigenvalue weighted by Crippen LogP contribution is -2.44. The van der Waals surface area contributed by atoms with Crippen LogP contribution in [0.15, 0.2) is 54.7 Å². The predicted molar refractivity (Wildman–Crippen MR) is 133 cm³/mol. The molecule has 0 aliphatic heterocycles. The van der Waals surface area contributed by atoms with E-state index < -0.39 is 30.0 Å². The number of benzene rings is 2. The number of nitrogens with zero attached hydrogens (tertiary/aromatic N) is 3. The number of esters is 2. The van der Waals surface area contributed by atoms with Crippen LogP contribution in [0.2, 0.25) is 0 Å². The highest BCUT2D eigenvalue weighted by Crippen LogP contribution is 2.44. The van der Waals surface area contributed by atoms with E-state index in [1.165, 1.54) is 20.4 Å². The lowest BCUT2D eigenvalue weighted by atomic mass is 9.98. The highest BCUT2D eigenvalue weighted by molar-refractivity contribution is 5.95. The van der Waals surface area contributed by atoms with Gasteiger partial charge in [0.15, 0.2) is 5.69 Å². The normalized spacial score (nSPS) is 12.6. The van der Waals surface area contributed by atoms with Crippen LogP contribution in [0, 0.1) is 0 Å². The molecular weight excluding hydrogens is 494 g/mol. The van der Waals surface area contributed by atoms with Crippen molar-refractivity contribution >= 4 is 23.9 Å². The van der Waals surface area contributed by atoms with E-state index in [-0.39, 0.29) is 37.7 Å². The Morgan fingerprint density at radius 1 is 0.974 bits per heavy atom. The van der Waals surface area contributed by atoms with Crippen LogP contribution in [0.25, 0.3) is 11.1 Å². The van der Waals surface area contributed by atoms with Crippen molar-refractivity contribution in [2.24, 2.45) is 0 Å². The number of carbonyl (C=O) groups is 4. The van der Waals surface area contributed by atoms with E-state index in [0.29, 0.717) is 0 Å². The number of alkyl carbamates (subject to hydrolysis) is 1. The number of aromatic nitrogens is 3. The molecule has 2 amide bonds. The molecule has 0 radical (unpaired) electrons. The molecule has 0 fully saturated rings. The molecule has 12 heteroatoms. The van der Waals surface area contributed by atoms with Crippen molar-refractivity contribution in [2.75, 3.05) is 27.4 Å². The van der Waals surface area contributed by atoms with Gasteiger partial charge in [-0.3, -0.25) is 9.59 Å². The molecule has 4 rings (SSSR count). The van der Waals surface area contributed by atoms with Gasteiger partial charge < -0.3 is 24.8 Å². The zero-order valence-corrected chi connectivity index (χ0v) is 20.9. The van der Waals surface area contributed by atoms with E-state index in [1.54, 1.807) is 0 Å². The smallest absolute Gasteiger partial charge is 0.407 e. The Balaban J connectivity index is 1.29. The number of ether oxygens (including phenoxy) is 3. The van der Waals surface area contributed by atoms with Gasteiger partial charge in [-0.2, -0.15) is 0 Å². The summed E-state index contributed by atoms with van der Waals surface area (Å²) in [5, 5.41) is 12.5. The molecule has 198 valence electrons. The Bertz CT molecular complexity index is 1290. The molecule has 1 aliphatic carbocycles. The average Bonchev–Trinajstić information content (AvgIpc) is 3.53. The van der Waals surface area contributed by atoms with E-state index >= 15 is 0 Å². The van der Waals surface area contributed by atoms with Crippen molar-refractivity contribution in [3.05, 3.63) is 71.5 Å². The summed E-state index contributed by atoms with van der Waals surface area (Å²) >= 11 is 0. The molecule has 1 aromatic heterocycles. The van der Waals surface area contributed by atoms with Crippen molar-refractivity contribution in [1.29, 1.82) is 0 Å². The van der Waals surface area contributed by atoms with Gasteiger partial charge in [-0.25, -0.2) is 14.3 Å². The molecule has 0 bridgehead atoms. The van der Waals surface area contributed by atoms with Crippen LogP contribution in [0.3, 0.4) is 0 Å². The zero-order valence-electron chi connectivity index (χ0n) is 20.9. The third-order valence-electron chi connectivity index (χ3n) is 6.13. The van der Waals surface area contributed by atoms with Crippen LogP contribution < -0.4 is 10.6 Å². The van der Waals surface area contributed by atoms with Gasteiger partial charge in [0.1, 0.15) is 19.2 Å². The SMILES string of the molecule is COC(=O)Cn1cc(C(=O)N[C@@H](CCNC(=O)OCC2c3ccccc3-c3ccccc32)C(=O)OC)nn1. The minimum absolute atomic E-state index is 0.0335. The monoisotopic (exact) mass is 521 g/mol. The molecule has 3 aromatic rings. The average molecular weight is 522 g/mol. The summed E-state index contributed by atoms with van der Waals surface area (Å²) in [6.07, 6.45) is 0.640. The van der Waals surface area contributed by atoms with Crippen LogP contribution in [0.4, 0.5) is 4.79 Å². The van der Waals surface area contributed by atoms with Crippen molar-refractivity contribution < 1.29 is 33.4 Å². The van der Waals surface area contributed by atoms with Crippen molar-refractivity contribution in [3.8, 4) is 11.1 Å². The zero-order chi connectivity index (χ0) is 27.1. The predicted octanol–water partition coefficient (Wildman–Crippen LogP) is 1.65. The number of fused-ring (bicyclic) bond motifs is 3. The Labute approximate surface area is 218 Å². The van der Waals surface area contributed by atoms with E-state index in [0.717, 1.165) is 26.9 Å². The van der Waals surface area contributed by atoms with Crippen LogP contribution in [0.5, 0.6) is 0 Å². The van der Waals surface area contributed by atoms with Crippen LogP contribution in [-0.2, 0) is 30.3 Å². The molecule has 2 N–H and O–H groups in total. The maximum atomic E-state index is 12.5. The van der Waals surface area contributed by atoms with Gasteiger partial charge in [-0.05, 0) is 28.7 Å². The number of nitrogens with one attached hydrogen (secondary N) is 2. The molecule has 38 heavy (non-hydrogen) atoms. The van der Waals surface area contributed by atoms with E-state index in [1.807, 2.05) is 36.4 Å². The molecule has 0 spiro atoms. The fraction of sp³-hybridized carbons (Fsp3) is 0.308. The highest BCUT2D eigenvalue weighted by Gasteiger charge is 2.29. The topological polar surface area (TPSA) is 151 Å². The molecule has 1 heterocycles. The van der Waals surface area contributed by atoms with Gasteiger partial charge in [0.2, 0.25) is 0 Å². The Hall–Kier alpha value is -4.74. The second-order valence-electron chi connectivity index (χ2n) is 8.47. The minimum atomic E-state index is -1.06. The lowest BCUT2D eigenvalue weighted by Gasteiger charge is -2.17. The van der Waals surface area contributed by atoms with Gasteiger partial charge in [0.25, 0.3) is 5.91 Å². The van der Waals surface area contributed by atoms with Gasteiger partial charge in [0, 0.05) is 12.5 Å². The summed E-state index contributed by atoms with van der Waals surface area (Å²) in [5.41, 5.74) is 4.34. The number of rotatable bonds is 10. The Morgan fingerprint density at radius 3 is 2.26 bits per heavy atom. The fourth-order valence-corrected chi connectivity index (χ4v) is 4.27. The summed E-state index contributed by atoms with van der Waals surface area (Å²) in [6, 6.07) is 15.0. The summed E-state index contributed by atoms with van der Waals surface area (Å²) in [5.74, 6) is -2.04. The molecule has 0 saturated heterocycles. The third-order valence-corrected chi connectivity index (χ3v) is 6.13. The first-order valence-electron chi connectivity index (χ1n) is 11.9. The van der Waals surface area contributed by atoms with E-state index in [9.17, 15) is 19.2 Å². The molecule has 12 nitrogen and oxygen atoms in total. The summed E-state index contributed by atoms with van der Waals surface area (Å²) in [7, 11) is 2.41. The van der Waals surface area contributed by atoms with Crippen LogP contribution >= 0.6 is 0 Å². The molecule has 2 aromatic carbocycles. The van der Waals surface area contributed by atoms with Gasteiger partial charge in [-0.1, -0.05) is 53.7 Å². The molecular formula is C26H27N5O7. The summed E-state index contributed by atoms with van der Waals surface area (Å²) in [4.78, 5) is 48.5. The number of methoxy groups -OCH3 is 2. The van der Waals surface area contributed by atoms with Gasteiger partial charge >= 0.3 is 18.0 Å². The number of hydrogen-bond acceptors (Lipinski definition) is 9. The first-order chi connectivity index (χ1) is 18.4. The van der Waals surface area contributed by atoms with E-state index in [4.69, 9.17) is 9.47 Å².